The molecular weight excluding hydrogens is 290 g/mol. The minimum absolute atomic E-state index is 0.738. The molecule has 2 N–H and O–H groups in total. The number of aryl methyl sites for hydroxylation is 1. The normalized spacial score (nSPS) is 15.3. The number of hydrogen-bond acceptors (Lipinski definition) is 5. The van der Waals surface area contributed by atoms with E-state index < -0.39 is 0 Å². The Bertz CT molecular complexity index is 851. The molecule has 6 heteroatoms. The SMILES string of the molecule is Cc1ccc(N)cc1-c1cc(N2CCOCC2)c2nccn2n1. The van der Waals surface area contributed by atoms with Gasteiger partial charge in [0.15, 0.2) is 5.65 Å². The van der Waals surface area contributed by atoms with Crippen molar-refractivity contribution in [3.63, 3.8) is 0 Å². The van der Waals surface area contributed by atoms with Crippen LogP contribution in [0.15, 0.2) is 36.7 Å². The molecule has 3 aromatic rings. The van der Waals surface area contributed by atoms with Crippen LogP contribution in [-0.4, -0.2) is 40.9 Å². The number of morpholine rings is 1. The molecule has 0 aliphatic carbocycles. The zero-order valence-corrected chi connectivity index (χ0v) is 13.1. The van der Waals surface area contributed by atoms with E-state index >= 15 is 0 Å². The van der Waals surface area contributed by atoms with Crippen molar-refractivity contribution >= 4 is 17.0 Å². The highest BCUT2D eigenvalue weighted by molar-refractivity contribution is 5.77. The molecule has 3 heterocycles. The van der Waals surface area contributed by atoms with Crippen molar-refractivity contribution < 1.29 is 4.74 Å². The average molecular weight is 309 g/mol. The van der Waals surface area contributed by atoms with Crippen molar-refractivity contribution in [1.29, 1.82) is 0 Å². The van der Waals surface area contributed by atoms with Gasteiger partial charge >= 0.3 is 0 Å². The molecule has 0 amide bonds. The molecule has 1 aliphatic rings. The van der Waals surface area contributed by atoms with Crippen LogP contribution < -0.4 is 10.6 Å². The smallest absolute Gasteiger partial charge is 0.177 e. The summed E-state index contributed by atoms with van der Waals surface area (Å²) in [7, 11) is 0. The number of anilines is 2. The molecule has 0 saturated carbocycles. The lowest BCUT2D eigenvalue weighted by Crippen LogP contribution is -2.36. The van der Waals surface area contributed by atoms with Crippen molar-refractivity contribution in [2.75, 3.05) is 36.9 Å². The summed E-state index contributed by atoms with van der Waals surface area (Å²) in [6.07, 6.45) is 3.66. The van der Waals surface area contributed by atoms with Gasteiger partial charge in [0.05, 0.1) is 24.6 Å². The number of hydrogen-bond donors (Lipinski definition) is 1. The van der Waals surface area contributed by atoms with Crippen LogP contribution in [0, 0.1) is 6.92 Å². The third-order valence-corrected chi connectivity index (χ3v) is 4.23. The first-order chi connectivity index (χ1) is 11.2. The van der Waals surface area contributed by atoms with Gasteiger partial charge < -0.3 is 15.4 Å². The highest BCUT2D eigenvalue weighted by Gasteiger charge is 2.18. The van der Waals surface area contributed by atoms with Crippen LogP contribution in [0.2, 0.25) is 0 Å². The summed E-state index contributed by atoms with van der Waals surface area (Å²) in [5.74, 6) is 0. The van der Waals surface area contributed by atoms with Crippen molar-refractivity contribution in [1.82, 2.24) is 14.6 Å². The Labute approximate surface area is 134 Å². The number of nitrogen functional groups attached to an aromatic ring is 1. The second-order valence-electron chi connectivity index (χ2n) is 5.78. The maximum atomic E-state index is 5.96. The molecular formula is C17H19N5O. The first-order valence-electron chi connectivity index (χ1n) is 7.76. The molecule has 0 radical (unpaired) electrons. The van der Waals surface area contributed by atoms with Gasteiger partial charge in [0.25, 0.3) is 0 Å². The standard InChI is InChI=1S/C17H19N5O/c1-12-2-3-13(18)10-14(12)15-11-16(21-6-8-23-9-7-21)17-19-4-5-22(17)20-15/h2-5,10-11H,6-9,18H2,1H3. The molecule has 1 aromatic carbocycles. The maximum absolute atomic E-state index is 5.96. The lowest BCUT2D eigenvalue weighted by Gasteiger charge is -2.29. The Morgan fingerprint density at radius 2 is 2.00 bits per heavy atom. The second-order valence-corrected chi connectivity index (χ2v) is 5.78. The summed E-state index contributed by atoms with van der Waals surface area (Å²) < 4.78 is 7.30. The lowest BCUT2D eigenvalue weighted by molar-refractivity contribution is 0.123. The molecule has 0 spiro atoms. The number of nitrogens with zero attached hydrogens (tertiary/aromatic N) is 4. The minimum atomic E-state index is 0.738. The largest absolute Gasteiger partial charge is 0.399 e. The molecule has 1 saturated heterocycles. The van der Waals surface area contributed by atoms with Crippen molar-refractivity contribution in [2.24, 2.45) is 0 Å². The van der Waals surface area contributed by atoms with Crippen LogP contribution in [0.3, 0.4) is 0 Å². The number of ether oxygens (including phenoxy) is 1. The highest BCUT2D eigenvalue weighted by Crippen LogP contribution is 2.29. The molecule has 0 atom stereocenters. The van der Waals surface area contributed by atoms with E-state index in [1.165, 1.54) is 0 Å². The minimum Gasteiger partial charge on any atom is -0.399 e. The van der Waals surface area contributed by atoms with E-state index in [-0.39, 0.29) is 0 Å². The monoisotopic (exact) mass is 309 g/mol. The predicted octanol–water partition coefficient (Wildman–Crippen LogP) is 2.12. The first-order valence-corrected chi connectivity index (χ1v) is 7.76. The molecule has 23 heavy (non-hydrogen) atoms. The van der Waals surface area contributed by atoms with Gasteiger partial charge in [-0.05, 0) is 30.7 Å². The van der Waals surface area contributed by atoms with E-state index in [2.05, 4.69) is 22.9 Å². The third kappa shape index (κ3) is 2.51. The number of fused-ring (bicyclic) bond motifs is 1. The third-order valence-electron chi connectivity index (χ3n) is 4.23. The van der Waals surface area contributed by atoms with Crippen molar-refractivity contribution in [3.05, 3.63) is 42.2 Å². The molecule has 2 aromatic heterocycles. The number of rotatable bonds is 2. The quantitative estimate of drug-likeness (QED) is 0.734. The highest BCUT2D eigenvalue weighted by atomic mass is 16.5. The molecule has 4 rings (SSSR count). The van der Waals surface area contributed by atoms with Crippen LogP contribution in [0.25, 0.3) is 16.9 Å². The van der Waals surface area contributed by atoms with Gasteiger partial charge in [-0.25, -0.2) is 9.50 Å². The fraction of sp³-hybridized carbons (Fsp3) is 0.294. The summed E-state index contributed by atoms with van der Waals surface area (Å²) in [5.41, 5.74) is 11.8. The van der Waals surface area contributed by atoms with Gasteiger partial charge in [0.2, 0.25) is 0 Å². The van der Waals surface area contributed by atoms with Crippen LogP contribution in [0.1, 0.15) is 5.56 Å². The van der Waals surface area contributed by atoms with Crippen LogP contribution in [0.5, 0.6) is 0 Å². The maximum Gasteiger partial charge on any atom is 0.177 e. The van der Waals surface area contributed by atoms with Crippen molar-refractivity contribution in [2.45, 2.75) is 6.92 Å². The number of nitrogens with two attached hydrogens (primary N) is 1. The predicted molar refractivity (Wildman–Crippen MR) is 90.6 cm³/mol. The zero-order chi connectivity index (χ0) is 15.8. The average Bonchev–Trinajstić information content (AvgIpc) is 3.05. The Balaban J connectivity index is 1.89. The molecule has 0 bridgehead atoms. The van der Waals surface area contributed by atoms with E-state index in [9.17, 15) is 0 Å². The lowest BCUT2D eigenvalue weighted by atomic mass is 10.0. The first kappa shape index (κ1) is 14.0. The van der Waals surface area contributed by atoms with Gasteiger partial charge in [-0.2, -0.15) is 5.10 Å². The Kier molecular flexibility index (Phi) is 3.38. The van der Waals surface area contributed by atoms with Gasteiger partial charge in [0.1, 0.15) is 0 Å². The summed E-state index contributed by atoms with van der Waals surface area (Å²) >= 11 is 0. The molecule has 1 aliphatic heterocycles. The summed E-state index contributed by atoms with van der Waals surface area (Å²) in [4.78, 5) is 6.77. The number of imidazole rings is 1. The molecule has 1 fully saturated rings. The van der Waals surface area contributed by atoms with E-state index in [0.29, 0.717) is 0 Å². The second kappa shape index (κ2) is 5.55. The van der Waals surface area contributed by atoms with Crippen LogP contribution in [0.4, 0.5) is 11.4 Å². The van der Waals surface area contributed by atoms with Gasteiger partial charge in [0, 0.05) is 36.7 Å². The Morgan fingerprint density at radius 1 is 1.17 bits per heavy atom. The topological polar surface area (TPSA) is 68.7 Å². The summed E-state index contributed by atoms with van der Waals surface area (Å²) in [6, 6.07) is 8.02. The number of benzene rings is 1. The summed E-state index contributed by atoms with van der Waals surface area (Å²) in [5, 5.41) is 4.70. The van der Waals surface area contributed by atoms with E-state index in [0.717, 1.165) is 60.1 Å². The Hall–Kier alpha value is -2.60. The van der Waals surface area contributed by atoms with Gasteiger partial charge in [-0.15, -0.1) is 0 Å². The Morgan fingerprint density at radius 3 is 2.83 bits per heavy atom. The van der Waals surface area contributed by atoms with E-state index in [1.807, 2.05) is 28.9 Å². The van der Waals surface area contributed by atoms with E-state index in [4.69, 9.17) is 15.6 Å². The zero-order valence-electron chi connectivity index (χ0n) is 13.1. The van der Waals surface area contributed by atoms with Gasteiger partial charge in [-0.1, -0.05) is 6.07 Å². The molecule has 6 nitrogen and oxygen atoms in total. The van der Waals surface area contributed by atoms with Crippen LogP contribution >= 0.6 is 0 Å². The van der Waals surface area contributed by atoms with Crippen molar-refractivity contribution in [3.8, 4) is 11.3 Å². The number of aromatic nitrogens is 3. The fourth-order valence-electron chi connectivity index (χ4n) is 2.98. The summed E-state index contributed by atoms with van der Waals surface area (Å²) in [6.45, 7) is 5.27. The fourth-order valence-corrected chi connectivity index (χ4v) is 2.98. The molecule has 118 valence electrons. The van der Waals surface area contributed by atoms with E-state index in [1.54, 1.807) is 6.20 Å². The van der Waals surface area contributed by atoms with Crippen LogP contribution in [-0.2, 0) is 4.74 Å². The van der Waals surface area contributed by atoms with Gasteiger partial charge in [-0.3, -0.25) is 0 Å². The molecule has 0 unspecified atom stereocenters.